The first-order valence-electron chi connectivity index (χ1n) is 19.6. The SMILES string of the molecule is c1ccc(-c2cc(-c3ccccc3)cc(-c3ccc(N(c4cc(-c5ccc6ccccc6c5)ccc4-c4ccccc4)c4cccc5ccccc45)cc3)c2)cc1. The Morgan fingerprint density at radius 3 is 1.35 bits per heavy atom. The van der Waals surface area contributed by atoms with Crippen molar-refractivity contribution < 1.29 is 0 Å². The summed E-state index contributed by atoms with van der Waals surface area (Å²) in [5, 5.41) is 4.87. The molecule has 0 radical (unpaired) electrons. The molecule has 0 aliphatic rings. The number of fused-ring (bicyclic) bond motifs is 2. The van der Waals surface area contributed by atoms with Gasteiger partial charge in [0.25, 0.3) is 0 Å². The lowest BCUT2D eigenvalue weighted by atomic mass is 9.93. The zero-order valence-electron chi connectivity index (χ0n) is 31.5. The van der Waals surface area contributed by atoms with Crippen LogP contribution in [-0.4, -0.2) is 0 Å². The second-order valence-corrected chi connectivity index (χ2v) is 14.6. The van der Waals surface area contributed by atoms with Crippen LogP contribution in [0.15, 0.2) is 237 Å². The lowest BCUT2D eigenvalue weighted by molar-refractivity contribution is 1.30. The Labute approximate surface area is 334 Å². The molecule has 0 aliphatic carbocycles. The lowest BCUT2D eigenvalue weighted by Crippen LogP contribution is -2.12. The fraction of sp³-hybridized carbons (Fsp3) is 0. The highest BCUT2D eigenvalue weighted by Gasteiger charge is 2.21. The van der Waals surface area contributed by atoms with Gasteiger partial charge in [-0.15, -0.1) is 0 Å². The Kier molecular flexibility index (Phi) is 8.95. The van der Waals surface area contributed by atoms with Gasteiger partial charge in [0.2, 0.25) is 0 Å². The summed E-state index contributed by atoms with van der Waals surface area (Å²) in [6.45, 7) is 0. The molecular weight excluding hydrogens is 687 g/mol. The van der Waals surface area contributed by atoms with Crippen LogP contribution in [-0.2, 0) is 0 Å². The van der Waals surface area contributed by atoms with Crippen LogP contribution in [0, 0.1) is 0 Å². The van der Waals surface area contributed by atoms with E-state index in [2.05, 4.69) is 241 Å². The van der Waals surface area contributed by atoms with E-state index in [1.165, 1.54) is 77.2 Å². The molecule has 0 amide bonds. The largest absolute Gasteiger partial charge is 0.309 e. The van der Waals surface area contributed by atoms with E-state index >= 15 is 0 Å². The minimum Gasteiger partial charge on any atom is -0.309 e. The third-order valence-electron chi connectivity index (χ3n) is 11.0. The Hall–Kier alpha value is -7.48. The average Bonchev–Trinajstić information content (AvgIpc) is 3.30. The van der Waals surface area contributed by atoms with Crippen molar-refractivity contribution in [2.24, 2.45) is 0 Å². The van der Waals surface area contributed by atoms with E-state index in [1.54, 1.807) is 0 Å². The smallest absolute Gasteiger partial charge is 0.0546 e. The van der Waals surface area contributed by atoms with Crippen molar-refractivity contribution >= 4 is 38.6 Å². The summed E-state index contributed by atoms with van der Waals surface area (Å²) in [6.07, 6.45) is 0. The minimum atomic E-state index is 1.09. The van der Waals surface area contributed by atoms with Gasteiger partial charge in [-0.3, -0.25) is 0 Å². The quantitative estimate of drug-likeness (QED) is 0.151. The summed E-state index contributed by atoms with van der Waals surface area (Å²) in [6, 6.07) is 85.8. The summed E-state index contributed by atoms with van der Waals surface area (Å²) < 4.78 is 0. The first-order valence-corrected chi connectivity index (χ1v) is 19.6. The van der Waals surface area contributed by atoms with E-state index in [4.69, 9.17) is 0 Å². The van der Waals surface area contributed by atoms with Crippen molar-refractivity contribution in [3.63, 3.8) is 0 Å². The molecule has 0 saturated heterocycles. The van der Waals surface area contributed by atoms with Crippen molar-refractivity contribution in [3.05, 3.63) is 237 Å². The molecule has 10 aromatic rings. The molecule has 1 nitrogen and oxygen atoms in total. The summed E-state index contributed by atoms with van der Waals surface area (Å²) in [5.74, 6) is 0. The fourth-order valence-corrected chi connectivity index (χ4v) is 8.13. The Morgan fingerprint density at radius 1 is 0.228 bits per heavy atom. The highest BCUT2D eigenvalue weighted by Crippen LogP contribution is 2.46. The van der Waals surface area contributed by atoms with Gasteiger partial charge in [-0.2, -0.15) is 0 Å². The second-order valence-electron chi connectivity index (χ2n) is 14.6. The van der Waals surface area contributed by atoms with Gasteiger partial charge < -0.3 is 4.90 Å². The fourth-order valence-electron chi connectivity index (χ4n) is 8.13. The number of anilines is 3. The molecule has 268 valence electrons. The third kappa shape index (κ3) is 6.77. The number of benzene rings is 10. The van der Waals surface area contributed by atoms with E-state index in [1.807, 2.05) is 0 Å². The van der Waals surface area contributed by atoms with Gasteiger partial charge in [-0.25, -0.2) is 0 Å². The van der Waals surface area contributed by atoms with Gasteiger partial charge >= 0.3 is 0 Å². The summed E-state index contributed by atoms with van der Waals surface area (Å²) in [5.41, 5.74) is 15.2. The highest BCUT2D eigenvalue weighted by atomic mass is 15.1. The predicted octanol–water partition coefficient (Wildman–Crippen LogP) is 15.8. The Morgan fingerprint density at radius 2 is 0.702 bits per heavy atom. The van der Waals surface area contributed by atoms with Crippen LogP contribution >= 0.6 is 0 Å². The van der Waals surface area contributed by atoms with E-state index < -0.39 is 0 Å². The van der Waals surface area contributed by atoms with E-state index in [0.29, 0.717) is 0 Å². The molecule has 1 heteroatoms. The van der Waals surface area contributed by atoms with Gasteiger partial charge in [0.15, 0.2) is 0 Å². The number of rotatable bonds is 8. The molecule has 0 fully saturated rings. The van der Waals surface area contributed by atoms with Crippen molar-refractivity contribution in [2.45, 2.75) is 0 Å². The molecule has 0 heterocycles. The van der Waals surface area contributed by atoms with Crippen LogP contribution in [0.4, 0.5) is 17.1 Å². The Balaban J connectivity index is 1.16. The number of hydrogen-bond acceptors (Lipinski definition) is 1. The standard InChI is InChI=1S/C56H39N/c1-4-15-40(16-5-1)49-36-50(41-17-6-2-7-18-41)38-51(37-49)43-29-32-52(33-30-43)57(55-26-14-24-45-22-12-13-25-53(45)55)56-39-48(31-34-54(56)44-20-8-3-9-21-44)47-28-27-42-19-10-11-23-46(42)35-47/h1-39H. The molecule has 0 aromatic heterocycles. The van der Waals surface area contributed by atoms with Gasteiger partial charge in [0.05, 0.1) is 11.4 Å². The molecule has 0 bridgehead atoms. The molecule has 0 atom stereocenters. The molecule has 0 unspecified atom stereocenters. The number of nitrogens with zero attached hydrogens (tertiary/aromatic N) is 1. The van der Waals surface area contributed by atoms with E-state index in [0.717, 1.165) is 17.1 Å². The summed E-state index contributed by atoms with van der Waals surface area (Å²) in [7, 11) is 0. The van der Waals surface area contributed by atoms with Crippen LogP contribution in [0.1, 0.15) is 0 Å². The molecule has 0 aliphatic heterocycles. The highest BCUT2D eigenvalue weighted by molar-refractivity contribution is 6.02. The van der Waals surface area contributed by atoms with Crippen LogP contribution in [0.2, 0.25) is 0 Å². The zero-order valence-corrected chi connectivity index (χ0v) is 31.5. The van der Waals surface area contributed by atoms with Crippen molar-refractivity contribution in [3.8, 4) is 55.6 Å². The van der Waals surface area contributed by atoms with Gasteiger partial charge in [0.1, 0.15) is 0 Å². The van der Waals surface area contributed by atoms with Crippen LogP contribution < -0.4 is 4.90 Å². The molecule has 10 aromatic carbocycles. The maximum absolute atomic E-state index is 2.45. The lowest BCUT2D eigenvalue weighted by Gasteiger charge is -2.30. The average molecular weight is 726 g/mol. The zero-order chi connectivity index (χ0) is 38.0. The minimum absolute atomic E-state index is 1.09. The first kappa shape index (κ1) is 34.0. The second kappa shape index (κ2) is 15.0. The molecule has 57 heavy (non-hydrogen) atoms. The van der Waals surface area contributed by atoms with Crippen molar-refractivity contribution in [2.75, 3.05) is 4.90 Å². The van der Waals surface area contributed by atoms with Crippen LogP contribution in [0.3, 0.4) is 0 Å². The summed E-state index contributed by atoms with van der Waals surface area (Å²) >= 11 is 0. The van der Waals surface area contributed by atoms with E-state index in [9.17, 15) is 0 Å². The van der Waals surface area contributed by atoms with Crippen LogP contribution in [0.25, 0.3) is 77.2 Å². The molecule has 0 N–H and O–H groups in total. The van der Waals surface area contributed by atoms with Crippen LogP contribution in [0.5, 0.6) is 0 Å². The van der Waals surface area contributed by atoms with Crippen molar-refractivity contribution in [1.82, 2.24) is 0 Å². The molecular formula is C56H39N. The number of hydrogen-bond donors (Lipinski definition) is 0. The summed E-state index contributed by atoms with van der Waals surface area (Å²) in [4.78, 5) is 2.45. The molecule has 0 saturated carbocycles. The third-order valence-corrected chi connectivity index (χ3v) is 11.0. The maximum Gasteiger partial charge on any atom is 0.0546 e. The predicted molar refractivity (Wildman–Crippen MR) is 243 cm³/mol. The van der Waals surface area contributed by atoms with Crippen molar-refractivity contribution in [1.29, 1.82) is 0 Å². The normalized spacial score (nSPS) is 11.2. The Bertz CT molecular complexity index is 2920. The molecule has 0 spiro atoms. The van der Waals surface area contributed by atoms with E-state index in [-0.39, 0.29) is 0 Å². The monoisotopic (exact) mass is 725 g/mol. The first-order chi connectivity index (χ1) is 28.2. The van der Waals surface area contributed by atoms with Gasteiger partial charge in [0, 0.05) is 16.6 Å². The van der Waals surface area contributed by atoms with Gasteiger partial charge in [-0.05, 0) is 115 Å². The topological polar surface area (TPSA) is 3.24 Å². The van der Waals surface area contributed by atoms with Gasteiger partial charge in [-0.1, -0.05) is 188 Å². The molecule has 10 rings (SSSR count). The maximum atomic E-state index is 2.45.